The molecule has 0 fully saturated rings. The molecule has 4 nitrogen and oxygen atoms in total. The van der Waals surface area contributed by atoms with Gasteiger partial charge < -0.3 is 0 Å². The summed E-state index contributed by atoms with van der Waals surface area (Å²) >= 11 is 0. The Kier molecular flexibility index (Phi) is 1.58. The lowest BCUT2D eigenvalue weighted by Crippen LogP contribution is -1.87. The molecule has 0 spiro atoms. The van der Waals surface area contributed by atoms with Crippen LogP contribution in [0.25, 0.3) is 0 Å². The molecule has 1 rings (SSSR count). The number of nitriles is 2. The lowest BCUT2D eigenvalue weighted by Gasteiger charge is -1.85. The van der Waals surface area contributed by atoms with E-state index in [1.807, 2.05) is 0 Å². The van der Waals surface area contributed by atoms with Crippen LogP contribution in [-0.4, -0.2) is 9.97 Å². The van der Waals surface area contributed by atoms with Gasteiger partial charge in [-0.2, -0.15) is 10.5 Å². The molecule has 0 saturated carbocycles. The molecule has 0 atom stereocenters. The molecule has 0 N–H and O–H groups in total. The van der Waals surface area contributed by atoms with Crippen molar-refractivity contribution in [3.8, 4) is 12.1 Å². The first-order chi connectivity index (χ1) is 4.86. The van der Waals surface area contributed by atoms with Gasteiger partial charge >= 0.3 is 0 Å². The average Bonchev–Trinajstić information content (AvgIpc) is 2.05. The molecule has 0 aliphatic heterocycles. The van der Waals surface area contributed by atoms with Gasteiger partial charge in [-0.25, -0.2) is 9.97 Å². The van der Waals surface area contributed by atoms with Gasteiger partial charge in [-0.15, -0.1) is 0 Å². The summed E-state index contributed by atoms with van der Waals surface area (Å²) in [5.74, 6) is 0. The molecule has 0 bridgehead atoms. The maximum Gasteiger partial charge on any atom is 0.145 e. The number of rotatable bonds is 0. The highest BCUT2D eigenvalue weighted by Gasteiger charge is 1.93. The fraction of sp³-hybridized carbons (Fsp3) is 0. The van der Waals surface area contributed by atoms with E-state index in [1.165, 1.54) is 12.4 Å². The Morgan fingerprint density at radius 2 is 1.60 bits per heavy atom. The largest absolute Gasteiger partial charge is 0.226 e. The van der Waals surface area contributed by atoms with Gasteiger partial charge in [0.2, 0.25) is 0 Å². The molecule has 0 aliphatic rings. The lowest BCUT2D eigenvalue weighted by molar-refractivity contribution is 1.11. The van der Waals surface area contributed by atoms with Gasteiger partial charge in [0.25, 0.3) is 0 Å². The molecule has 4 heteroatoms. The normalized spacial score (nSPS) is 7.80. The SMILES string of the molecule is N#Cc1cc(C#N)ncn1. The zero-order valence-electron chi connectivity index (χ0n) is 4.94. The summed E-state index contributed by atoms with van der Waals surface area (Å²) in [6.45, 7) is 0. The summed E-state index contributed by atoms with van der Waals surface area (Å²) in [5.41, 5.74) is 0.429. The van der Waals surface area contributed by atoms with E-state index in [0.717, 1.165) is 0 Å². The summed E-state index contributed by atoms with van der Waals surface area (Å²) in [5, 5.41) is 16.6. The minimum Gasteiger partial charge on any atom is -0.226 e. The minimum atomic E-state index is 0.214. The smallest absolute Gasteiger partial charge is 0.145 e. The maximum atomic E-state index is 8.31. The standard InChI is InChI=1S/C6H2N4/c7-2-5-1-6(3-8)10-4-9-5/h1,4H. The fourth-order valence-corrected chi connectivity index (χ4v) is 0.480. The van der Waals surface area contributed by atoms with Crippen molar-refractivity contribution in [1.82, 2.24) is 9.97 Å². The van der Waals surface area contributed by atoms with Crippen LogP contribution in [0.1, 0.15) is 11.4 Å². The van der Waals surface area contributed by atoms with E-state index in [2.05, 4.69) is 9.97 Å². The van der Waals surface area contributed by atoms with Gasteiger partial charge in [-0.05, 0) is 0 Å². The van der Waals surface area contributed by atoms with Crippen molar-refractivity contribution in [2.75, 3.05) is 0 Å². The molecule has 1 aromatic heterocycles. The number of hydrogen-bond acceptors (Lipinski definition) is 4. The van der Waals surface area contributed by atoms with Crippen molar-refractivity contribution in [3.05, 3.63) is 23.8 Å². The van der Waals surface area contributed by atoms with E-state index in [0.29, 0.717) is 0 Å². The molecule has 1 aromatic rings. The van der Waals surface area contributed by atoms with E-state index in [-0.39, 0.29) is 11.4 Å². The van der Waals surface area contributed by atoms with Crippen LogP contribution in [0.15, 0.2) is 12.4 Å². The van der Waals surface area contributed by atoms with E-state index < -0.39 is 0 Å². The van der Waals surface area contributed by atoms with Crippen LogP contribution in [0, 0.1) is 22.7 Å². The second kappa shape index (κ2) is 2.56. The average molecular weight is 130 g/mol. The number of aromatic nitrogens is 2. The van der Waals surface area contributed by atoms with Crippen LogP contribution in [0.3, 0.4) is 0 Å². The molecule has 0 saturated heterocycles. The van der Waals surface area contributed by atoms with Gasteiger partial charge in [0.15, 0.2) is 0 Å². The Morgan fingerprint density at radius 3 is 2.00 bits per heavy atom. The molecule has 0 unspecified atom stereocenters. The van der Waals surface area contributed by atoms with E-state index >= 15 is 0 Å². The Balaban J connectivity index is 3.17. The van der Waals surface area contributed by atoms with Crippen LogP contribution in [0.5, 0.6) is 0 Å². The number of nitrogens with zero attached hydrogens (tertiary/aromatic N) is 4. The second-order valence-corrected chi connectivity index (χ2v) is 1.51. The predicted molar refractivity (Wildman–Crippen MR) is 31.5 cm³/mol. The van der Waals surface area contributed by atoms with Crippen molar-refractivity contribution < 1.29 is 0 Å². The van der Waals surface area contributed by atoms with Gasteiger partial charge in [0, 0.05) is 6.07 Å². The Bertz CT molecular complexity index is 288. The van der Waals surface area contributed by atoms with Crippen molar-refractivity contribution in [3.63, 3.8) is 0 Å². The van der Waals surface area contributed by atoms with Crippen molar-refractivity contribution in [2.45, 2.75) is 0 Å². The third-order valence-corrected chi connectivity index (χ3v) is 0.896. The fourth-order valence-electron chi connectivity index (χ4n) is 0.480. The third-order valence-electron chi connectivity index (χ3n) is 0.896. The molecule has 0 aliphatic carbocycles. The highest BCUT2D eigenvalue weighted by Crippen LogP contribution is 1.92. The van der Waals surface area contributed by atoms with Crippen molar-refractivity contribution in [2.24, 2.45) is 0 Å². The van der Waals surface area contributed by atoms with Crippen LogP contribution in [0.4, 0.5) is 0 Å². The second-order valence-electron chi connectivity index (χ2n) is 1.51. The lowest BCUT2D eigenvalue weighted by atomic mass is 10.3. The van der Waals surface area contributed by atoms with E-state index in [4.69, 9.17) is 10.5 Å². The van der Waals surface area contributed by atoms with Crippen LogP contribution in [0.2, 0.25) is 0 Å². The highest BCUT2D eigenvalue weighted by molar-refractivity contribution is 5.27. The molecule has 46 valence electrons. The molecule has 0 radical (unpaired) electrons. The van der Waals surface area contributed by atoms with Crippen molar-refractivity contribution in [1.29, 1.82) is 10.5 Å². The zero-order chi connectivity index (χ0) is 7.40. The summed E-state index contributed by atoms with van der Waals surface area (Å²) in [4.78, 5) is 7.16. The van der Waals surface area contributed by atoms with Crippen LogP contribution >= 0.6 is 0 Å². The molecule has 1 heterocycles. The topological polar surface area (TPSA) is 73.4 Å². The minimum absolute atomic E-state index is 0.214. The van der Waals surface area contributed by atoms with Gasteiger partial charge in [0.1, 0.15) is 29.9 Å². The predicted octanol–water partition coefficient (Wildman–Crippen LogP) is 0.220. The zero-order valence-corrected chi connectivity index (χ0v) is 4.94. The van der Waals surface area contributed by atoms with Gasteiger partial charge in [0.05, 0.1) is 0 Å². The molecule has 0 aromatic carbocycles. The summed E-state index contributed by atoms with van der Waals surface area (Å²) in [6, 6.07) is 4.93. The molecular weight excluding hydrogens is 128 g/mol. The number of hydrogen-bond donors (Lipinski definition) is 0. The third kappa shape index (κ3) is 1.07. The Labute approximate surface area is 57.4 Å². The monoisotopic (exact) mass is 130 g/mol. The Hall–Kier alpha value is -1.94. The maximum absolute atomic E-state index is 8.31. The van der Waals surface area contributed by atoms with E-state index in [1.54, 1.807) is 12.1 Å². The van der Waals surface area contributed by atoms with Crippen LogP contribution in [-0.2, 0) is 0 Å². The molecule has 10 heavy (non-hydrogen) atoms. The summed E-state index contributed by atoms with van der Waals surface area (Å²) in [6.07, 6.45) is 1.19. The van der Waals surface area contributed by atoms with Gasteiger partial charge in [-0.1, -0.05) is 0 Å². The summed E-state index contributed by atoms with van der Waals surface area (Å²) < 4.78 is 0. The van der Waals surface area contributed by atoms with Crippen LogP contribution < -0.4 is 0 Å². The Morgan fingerprint density at radius 1 is 1.10 bits per heavy atom. The molecule has 0 amide bonds. The highest BCUT2D eigenvalue weighted by atomic mass is 14.8. The summed E-state index contributed by atoms with van der Waals surface area (Å²) in [7, 11) is 0. The van der Waals surface area contributed by atoms with Crippen molar-refractivity contribution >= 4 is 0 Å². The van der Waals surface area contributed by atoms with E-state index in [9.17, 15) is 0 Å². The quantitative estimate of drug-likeness (QED) is 0.503. The first-order valence-corrected chi connectivity index (χ1v) is 2.49. The first-order valence-electron chi connectivity index (χ1n) is 2.49. The molecular formula is C6H2N4. The first kappa shape index (κ1) is 6.18. The van der Waals surface area contributed by atoms with Gasteiger partial charge in [-0.3, -0.25) is 0 Å².